The fraction of sp³-hybridized carbons (Fsp3) is 0.600. The zero-order chi connectivity index (χ0) is 14.4. The van der Waals surface area contributed by atoms with E-state index in [1.807, 2.05) is 18.2 Å². The fourth-order valence-electron chi connectivity index (χ4n) is 1.97. The van der Waals surface area contributed by atoms with Crippen LogP contribution in [0.5, 0.6) is 11.5 Å². The van der Waals surface area contributed by atoms with Crippen molar-refractivity contribution in [3.63, 3.8) is 0 Å². The lowest BCUT2D eigenvalue weighted by molar-refractivity contribution is 0.128. The minimum Gasteiger partial charge on any atom is -0.493 e. The molecule has 4 heteroatoms. The van der Waals surface area contributed by atoms with Crippen molar-refractivity contribution >= 4 is 0 Å². The first kappa shape index (κ1) is 15.8. The first-order valence-corrected chi connectivity index (χ1v) is 6.65. The molecule has 0 aromatic heterocycles. The van der Waals surface area contributed by atoms with Gasteiger partial charge < -0.3 is 20.3 Å². The number of hydrogen-bond acceptors (Lipinski definition) is 4. The van der Waals surface area contributed by atoms with Crippen molar-refractivity contribution in [3.05, 3.63) is 23.8 Å². The number of benzene rings is 1. The second kappa shape index (κ2) is 7.36. The number of hydrogen-bond donors (Lipinski definition) is 2. The summed E-state index contributed by atoms with van der Waals surface area (Å²) in [6.45, 7) is 4.27. The maximum atomic E-state index is 10.1. The van der Waals surface area contributed by atoms with E-state index in [0.29, 0.717) is 23.8 Å². The van der Waals surface area contributed by atoms with Gasteiger partial charge >= 0.3 is 0 Å². The molecule has 0 aliphatic carbocycles. The summed E-state index contributed by atoms with van der Waals surface area (Å²) in [4.78, 5) is 0. The molecule has 0 spiro atoms. The van der Waals surface area contributed by atoms with Crippen molar-refractivity contribution < 1.29 is 14.6 Å². The van der Waals surface area contributed by atoms with Crippen LogP contribution in [0, 0.1) is 5.92 Å². The number of nitrogens with two attached hydrogens (primary N) is 1. The largest absolute Gasteiger partial charge is 0.493 e. The highest BCUT2D eigenvalue weighted by atomic mass is 16.5. The normalized spacial score (nSPS) is 14.3. The van der Waals surface area contributed by atoms with Gasteiger partial charge in [-0.1, -0.05) is 19.9 Å². The lowest BCUT2D eigenvalue weighted by Gasteiger charge is -2.21. The Kier molecular flexibility index (Phi) is 6.12. The van der Waals surface area contributed by atoms with Crippen molar-refractivity contribution in [2.75, 3.05) is 14.2 Å². The minimum absolute atomic E-state index is 0.404. The van der Waals surface area contributed by atoms with Gasteiger partial charge in [-0.25, -0.2) is 0 Å². The Bertz CT molecular complexity index is 393. The van der Waals surface area contributed by atoms with E-state index in [9.17, 15) is 5.11 Å². The molecule has 0 bridgehead atoms. The fourth-order valence-corrected chi connectivity index (χ4v) is 1.97. The van der Waals surface area contributed by atoms with Gasteiger partial charge in [0, 0.05) is 0 Å². The molecule has 3 N–H and O–H groups in total. The summed E-state index contributed by atoms with van der Waals surface area (Å²) in [7, 11) is 3.18. The van der Waals surface area contributed by atoms with Gasteiger partial charge in [0.05, 0.1) is 26.4 Å². The lowest BCUT2D eigenvalue weighted by atomic mass is 9.96. The molecule has 0 amide bonds. The van der Waals surface area contributed by atoms with Gasteiger partial charge in [0.2, 0.25) is 0 Å². The monoisotopic (exact) mass is 267 g/mol. The predicted molar refractivity (Wildman–Crippen MR) is 76.6 cm³/mol. The van der Waals surface area contributed by atoms with Crippen molar-refractivity contribution in [1.82, 2.24) is 0 Å². The maximum Gasteiger partial charge on any atom is 0.161 e. The summed E-state index contributed by atoms with van der Waals surface area (Å²) in [6, 6.07) is 5.09. The second-order valence-electron chi connectivity index (χ2n) is 5.18. The topological polar surface area (TPSA) is 64.7 Å². The Balaban J connectivity index is 2.78. The third-order valence-electron chi connectivity index (χ3n) is 3.25. The molecule has 0 heterocycles. The van der Waals surface area contributed by atoms with E-state index in [1.54, 1.807) is 14.2 Å². The Morgan fingerprint density at radius 3 is 2.26 bits per heavy atom. The summed E-state index contributed by atoms with van der Waals surface area (Å²) < 4.78 is 10.4. The number of rotatable bonds is 7. The summed E-state index contributed by atoms with van der Waals surface area (Å²) in [5.41, 5.74) is 6.95. The molecule has 19 heavy (non-hydrogen) atoms. The van der Waals surface area contributed by atoms with Gasteiger partial charge in [0.25, 0.3) is 0 Å². The van der Waals surface area contributed by atoms with E-state index in [2.05, 4.69) is 13.8 Å². The molecule has 108 valence electrons. The van der Waals surface area contributed by atoms with E-state index in [0.717, 1.165) is 12.0 Å². The molecular formula is C15H25NO3. The molecule has 0 radical (unpaired) electrons. The van der Waals surface area contributed by atoms with Crippen molar-refractivity contribution in [2.45, 2.75) is 38.8 Å². The number of aliphatic hydroxyl groups is 1. The first-order valence-electron chi connectivity index (χ1n) is 6.65. The van der Waals surface area contributed by atoms with E-state index >= 15 is 0 Å². The van der Waals surface area contributed by atoms with Crippen LogP contribution < -0.4 is 15.2 Å². The van der Waals surface area contributed by atoms with Crippen molar-refractivity contribution in [1.29, 1.82) is 0 Å². The van der Waals surface area contributed by atoms with Gasteiger partial charge in [0.1, 0.15) is 0 Å². The van der Waals surface area contributed by atoms with E-state index in [-0.39, 0.29) is 0 Å². The van der Waals surface area contributed by atoms with Crippen LogP contribution in [-0.4, -0.2) is 25.4 Å². The van der Waals surface area contributed by atoms with Crippen LogP contribution in [0.15, 0.2) is 18.2 Å². The number of aliphatic hydroxyl groups excluding tert-OH is 1. The Hall–Kier alpha value is -1.26. The predicted octanol–water partition coefficient (Wildman–Crippen LogP) is 2.50. The van der Waals surface area contributed by atoms with E-state index in [1.165, 1.54) is 0 Å². The van der Waals surface area contributed by atoms with Crippen molar-refractivity contribution in [3.8, 4) is 11.5 Å². The standard InChI is InChI=1S/C15H25NO3/c1-10(2)5-7-12(17)15(16)11-6-8-13(18-3)14(9-11)19-4/h6,8-10,12,15,17H,5,7,16H2,1-4H3/t12-,15+/m1/s1. The highest BCUT2D eigenvalue weighted by Gasteiger charge is 2.18. The summed E-state index contributed by atoms with van der Waals surface area (Å²) in [5.74, 6) is 1.86. The summed E-state index contributed by atoms with van der Waals surface area (Å²) >= 11 is 0. The Labute approximate surface area is 115 Å². The molecule has 0 unspecified atom stereocenters. The van der Waals surface area contributed by atoms with Gasteiger partial charge in [-0.15, -0.1) is 0 Å². The molecule has 0 saturated heterocycles. The highest BCUT2D eigenvalue weighted by molar-refractivity contribution is 5.43. The van der Waals surface area contributed by atoms with Crippen LogP contribution in [0.4, 0.5) is 0 Å². The first-order chi connectivity index (χ1) is 8.99. The Morgan fingerprint density at radius 2 is 1.74 bits per heavy atom. The van der Waals surface area contributed by atoms with Gasteiger partial charge in [-0.05, 0) is 36.5 Å². The SMILES string of the molecule is COc1ccc([C@H](N)[C@H](O)CCC(C)C)cc1OC. The number of ether oxygens (including phenoxy) is 2. The van der Waals surface area contributed by atoms with Crippen LogP contribution >= 0.6 is 0 Å². The Morgan fingerprint density at radius 1 is 1.11 bits per heavy atom. The quantitative estimate of drug-likeness (QED) is 0.796. The van der Waals surface area contributed by atoms with Crippen LogP contribution in [0.25, 0.3) is 0 Å². The van der Waals surface area contributed by atoms with Crippen LogP contribution in [0.3, 0.4) is 0 Å². The zero-order valence-corrected chi connectivity index (χ0v) is 12.2. The lowest BCUT2D eigenvalue weighted by Crippen LogP contribution is -2.26. The molecule has 1 aromatic carbocycles. The zero-order valence-electron chi connectivity index (χ0n) is 12.2. The number of methoxy groups -OCH3 is 2. The molecule has 1 rings (SSSR count). The van der Waals surface area contributed by atoms with Crippen LogP contribution in [0.2, 0.25) is 0 Å². The van der Waals surface area contributed by atoms with Gasteiger partial charge in [-0.2, -0.15) is 0 Å². The molecule has 0 aliphatic rings. The van der Waals surface area contributed by atoms with Crippen LogP contribution in [0.1, 0.15) is 38.3 Å². The smallest absolute Gasteiger partial charge is 0.161 e. The molecule has 0 saturated carbocycles. The van der Waals surface area contributed by atoms with Crippen LogP contribution in [-0.2, 0) is 0 Å². The average molecular weight is 267 g/mol. The molecule has 4 nitrogen and oxygen atoms in total. The molecule has 1 aromatic rings. The van der Waals surface area contributed by atoms with Gasteiger partial charge in [0.15, 0.2) is 11.5 Å². The highest BCUT2D eigenvalue weighted by Crippen LogP contribution is 2.30. The molecular weight excluding hydrogens is 242 g/mol. The third-order valence-corrected chi connectivity index (χ3v) is 3.25. The summed E-state index contributed by atoms with van der Waals surface area (Å²) in [6.07, 6.45) is 1.12. The molecule has 2 atom stereocenters. The van der Waals surface area contributed by atoms with E-state index < -0.39 is 12.1 Å². The second-order valence-corrected chi connectivity index (χ2v) is 5.18. The van der Waals surface area contributed by atoms with Crippen molar-refractivity contribution in [2.24, 2.45) is 11.7 Å². The third kappa shape index (κ3) is 4.40. The van der Waals surface area contributed by atoms with E-state index in [4.69, 9.17) is 15.2 Å². The summed E-state index contributed by atoms with van der Waals surface area (Å²) in [5, 5.41) is 10.1. The molecule has 0 aliphatic heterocycles. The molecule has 0 fully saturated rings. The maximum absolute atomic E-state index is 10.1. The average Bonchev–Trinajstić information content (AvgIpc) is 2.42. The van der Waals surface area contributed by atoms with Gasteiger partial charge in [-0.3, -0.25) is 0 Å². The minimum atomic E-state index is -0.541.